The predicted molar refractivity (Wildman–Crippen MR) is 105 cm³/mol. The molecule has 0 saturated carbocycles. The van der Waals surface area contributed by atoms with Gasteiger partial charge < -0.3 is 4.74 Å². The molecule has 2 aromatic carbocycles. The van der Waals surface area contributed by atoms with Gasteiger partial charge in [-0.15, -0.1) is 0 Å². The van der Waals surface area contributed by atoms with Gasteiger partial charge in [0.2, 0.25) is 4.74 Å². The molecule has 0 saturated heterocycles. The molecule has 122 valence electrons. The number of hydrogen-bond acceptors (Lipinski definition) is 4. The van der Waals surface area contributed by atoms with Crippen molar-refractivity contribution in [2.75, 3.05) is 7.11 Å². The molecule has 3 rings (SSSR count). The molecular formula is C18H12Br2O3S. The molecule has 0 radical (unpaired) electrons. The Hall–Kier alpha value is -1.50. The third-order valence-corrected chi connectivity index (χ3v) is 5.67. The highest BCUT2D eigenvalue weighted by Crippen LogP contribution is 2.30. The maximum absolute atomic E-state index is 12.6. The molecule has 0 aliphatic heterocycles. The summed E-state index contributed by atoms with van der Waals surface area (Å²) in [6.45, 7) is 0. The van der Waals surface area contributed by atoms with Gasteiger partial charge in [-0.25, -0.2) is 0 Å². The van der Waals surface area contributed by atoms with Crippen molar-refractivity contribution >= 4 is 59.1 Å². The number of benzene rings is 2. The first-order valence-corrected chi connectivity index (χ1v) is 9.47. The highest BCUT2D eigenvalue weighted by atomic mass is 79.9. The summed E-state index contributed by atoms with van der Waals surface area (Å²) >= 11 is 7.98. The van der Waals surface area contributed by atoms with E-state index in [9.17, 15) is 9.59 Å². The van der Waals surface area contributed by atoms with Gasteiger partial charge in [0.15, 0.2) is 5.78 Å². The Morgan fingerprint density at radius 2 is 1.83 bits per heavy atom. The van der Waals surface area contributed by atoms with Crippen molar-refractivity contribution in [1.82, 2.24) is 0 Å². The predicted octanol–water partition coefficient (Wildman–Crippen LogP) is 5.22. The number of carbonyl (C=O) groups is 1. The third kappa shape index (κ3) is 3.61. The Bertz CT molecular complexity index is 978. The van der Waals surface area contributed by atoms with Crippen LogP contribution >= 0.6 is 43.2 Å². The zero-order chi connectivity index (χ0) is 17.3. The molecule has 0 bridgehead atoms. The van der Waals surface area contributed by atoms with Gasteiger partial charge in [0.05, 0.1) is 12.7 Å². The minimum absolute atomic E-state index is 0.182. The van der Waals surface area contributed by atoms with E-state index in [1.54, 1.807) is 25.3 Å². The fourth-order valence-electron chi connectivity index (χ4n) is 2.36. The molecule has 0 fully saturated rings. The molecule has 1 heterocycles. The summed E-state index contributed by atoms with van der Waals surface area (Å²) in [6.07, 6.45) is 0.186. The van der Waals surface area contributed by atoms with Crippen molar-refractivity contribution in [2.24, 2.45) is 0 Å². The molecule has 0 aliphatic rings. The second-order valence-electron chi connectivity index (χ2n) is 5.19. The summed E-state index contributed by atoms with van der Waals surface area (Å²) in [5.74, 6) is 0.552. The Morgan fingerprint density at radius 1 is 1.12 bits per heavy atom. The number of halogens is 2. The number of ether oxygens (including phenoxy) is 1. The van der Waals surface area contributed by atoms with Crippen molar-refractivity contribution in [2.45, 2.75) is 6.42 Å². The molecule has 0 unspecified atom stereocenters. The fraction of sp³-hybridized carbons (Fsp3) is 0.111. The first-order chi connectivity index (χ1) is 11.5. The van der Waals surface area contributed by atoms with Crippen LogP contribution in [-0.4, -0.2) is 12.9 Å². The quantitative estimate of drug-likeness (QED) is 0.494. The maximum atomic E-state index is 12.6. The zero-order valence-electron chi connectivity index (χ0n) is 12.6. The average molecular weight is 468 g/mol. The summed E-state index contributed by atoms with van der Waals surface area (Å²) in [7, 11) is 1.59. The van der Waals surface area contributed by atoms with Gasteiger partial charge in [0.1, 0.15) is 5.75 Å². The van der Waals surface area contributed by atoms with E-state index in [4.69, 9.17) is 4.74 Å². The van der Waals surface area contributed by atoms with Gasteiger partial charge in [-0.05, 0) is 35.9 Å². The van der Waals surface area contributed by atoms with Crippen LogP contribution in [0.15, 0.2) is 56.2 Å². The van der Waals surface area contributed by atoms with E-state index in [1.165, 1.54) is 0 Å². The standard InChI is InChI=1S/C18H12Br2O3S/c1-23-12-4-2-10(3-5-12)6-16(21)14-9-13-15(20)7-11(19)8-17(13)24-18(14)22/h2-5,7-9H,6H2,1H3. The normalized spacial score (nSPS) is 10.8. The molecule has 0 spiro atoms. The van der Waals surface area contributed by atoms with Gasteiger partial charge in [0, 0.05) is 25.5 Å². The van der Waals surface area contributed by atoms with Gasteiger partial charge in [-0.2, -0.15) is 0 Å². The van der Waals surface area contributed by atoms with E-state index in [0.29, 0.717) is 0 Å². The molecule has 0 aliphatic carbocycles. The molecule has 1 aromatic heterocycles. The Kier molecular flexibility index (Phi) is 5.18. The van der Waals surface area contributed by atoms with Crippen molar-refractivity contribution in [3.63, 3.8) is 0 Å². The topological polar surface area (TPSA) is 43.4 Å². The summed E-state index contributed by atoms with van der Waals surface area (Å²) in [4.78, 5) is 24.9. The third-order valence-electron chi connectivity index (χ3n) is 3.59. The molecule has 0 atom stereocenters. The molecule has 3 aromatic rings. The number of fused-ring (bicyclic) bond motifs is 1. The average Bonchev–Trinajstić information content (AvgIpc) is 2.54. The van der Waals surface area contributed by atoms with Crippen LogP contribution in [0.1, 0.15) is 15.9 Å². The van der Waals surface area contributed by atoms with Crippen LogP contribution in [0.25, 0.3) is 10.1 Å². The number of hydrogen-bond donors (Lipinski definition) is 0. The van der Waals surface area contributed by atoms with E-state index in [2.05, 4.69) is 31.9 Å². The first kappa shape index (κ1) is 17.3. The maximum Gasteiger partial charge on any atom is 0.243 e. The van der Waals surface area contributed by atoms with E-state index >= 15 is 0 Å². The monoisotopic (exact) mass is 466 g/mol. The summed E-state index contributed by atoms with van der Waals surface area (Å²) in [5.41, 5.74) is 1.08. The molecule has 3 nitrogen and oxygen atoms in total. The smallest absolute Gasteiger partial charge is 0.243 e. The van der Waals surface area contributed by atoms with E-state index < -0.39 is 0 Å². The van der Waals surface area contributed by atoms with E-state index in [-0.39, 0.29) is 22.5 Å². The summed E-state index contributed by atoms with van der Waals surface area (Å²) in [5, 5.41) is 0.862. The fourth-order valence-corrected chi connectivity index (χ4v) is 4.93. The van der Waals surface area contributed by atoms with Gasteiger partial charge in [-0.3, -0.25) is 9.59 Å². The lowest BCUT2D eigenvalue weighted by molar-refractivity contribution is 0.0992. The van der Waals surface area contributed by atoms with Crippen LogP contribution in [0.5, 0.6) is 5.75 Å². The van der Waals surface area contributed by atoms with Crippen molar-refractivity contribution in [3.05, 3.63) is 72.1 Å². The number of methoxy groups -OCH3 is 1. The lowest BCUT2D eigenvalue weighted by atomic mass is 10.0. The number of Topliss-reactive ketones (excluding diaryl/α,β-unsaturated/α-hetero) is 1. The van der Waals surface area contributed by atoms with Gasteiger partial charge >= 0.3 is 0 Å². The summed E-state index contributed by atoms with van der Waals surface area (Å²) in [6, 6.07) is 12.7. The largest absolute Gasteiger partial charge is 0.497 e. The second kappa shape index (κ2) is 7.17. The highest BCUT2D eigenvalue weighted by Gasteiger charge is 2.14. The van der Waals surface area contributed by atoms with Crippen LogP contribution in [0.3, 0.4) is 0 Å². The SMILES string of the molecule is COc1ccc(CC(=O)c2cc3c(Br)cc(Br)cc3sc2=O)cc1. The Balaban J connectivity index is 1.97. The van der Waals surface area contributed by atoms with Crippen LogP contribution in [0.4, 0.5) is 0 Å². The van der Waals surface area contributed by atoms with E-state index in [1.807, 2.05) is 24.3 Å². The number of rotatable bonds is 4. The Morgan fingerprint density at radius 3 is 2.50 bits per heavy atom. The lowest BCUT2D eigenvalue weighted by Crippen LogP contribution is -2.14. The summed E-state index contributed by atoms with van der Waals surface area (Å²) < 4.78 is 7.46. The first-order valence-electron chi connectivity index (χ1n) is 7.07. The van der Waals surface area contributed by atoms with Gasteiger partial charge in [0.25, 0.3) is 0 Å². The Labute approximate surface area is 159 Å². The van der Waals surface area contributed by atoms with Crippen molar-refractivity contribution in [1.29, 1.82) is 0 Å². The number of ketones is 1. The van der Waals surface area contributed by atoms with Crippen molar-refractivity contribution in [3.8, 4) is 5.75 Å². The molecule has 6 heteroatoms. The molecular weight excluding hydrogens is 456 g/mol. The number of carbonyl (C=O) groups excluding carboxylic acids is 1. The second-order valence-corrected chi connectivity index (χ2v) is 7.98. The zero-order valence-corrected chi connectivity index (χ0v) is 16.6. The molecule has 24 heavy (non-hydrogen) atoms. The highest BCUT2D eigenvalue weighted by molar-refractivity contribution is 9.11. The molecule has 0 amide bonds. The van der Waals surface area contributed by atoms with Crippen LogP contribution < -0.4 is 9.48 Å². The molecule has 0 N–H and O–H groups in total. The minimum Gasteiger partial charge on any atom is -0.497 e. The lowest BCUT2D eigenvalue weighted by Gasteiger charge is -2.06. The van der Waals surface area contributed by atoms with E-state index in [0.717, 1.165) is 41.7 Å². The minimum atomic E-state index is -0.217. The van der Waals surface area contributed by atoms with Crippen LogP contribution in [-0.2, 0) is 6.42 Å². The van der Waals surface area contributed by atoms with Crippen LogP contribution in [0, 0.1) is 0 Å². The van der Waals surface area contributed by atoms with Crippen LogP contribution in [0.2, 0.25) is 0 Å². The van der Waals surface area contributed by atoms with Crippen molar-refractivity contribution < 1.29 is 9.53 Å². The van der Waals surface area contributed by atoms with Gasteiger partial charge in [-0.1, -0.05) is 55.3 Å².